The van der Waals surface area contributed by atoms with Crippen molar-refractivity contribution in [3.05, 3.63) is 66.6 Å². The molecule has 0 saturated carbocycles. The molecule has 0 unspecified atom stereocenters. The zero-order chi connectivity index (χ0) is 20.8. The van der Waals surface area contributed by atoms with Gasteiger partial charge in [-0.15, -0.1) is 0 Å². The molecule has 148 valence electrons. The van der Waals surface area contributed by atoms with Crippen LogP contribution in [0.2, 0.25) is 0 Å². The third-order valence-electron chi connectivity index (χ3n) is 4.69. The van der Waals surface area contributed by atoms with Gasteiger partial charge in [0.25, 0.3) is 5.91 Å². The molecule has 0 atom stereocenters. The highest BCUT2D eigenvalue weighted by Gasteiger charge is 2.34. The van der Waals surface area contributed by atoms with Crippen LogP contribution in [0.15, 0.2) is 55.4 Å². The highest BCUT2D eigenvalue weighted by molar-refractivity contribution is 6.12. The van der Waals surface area contributed by atoms with E-state index >= 15 is 0 Å². The molecule has 3 aromatic rings. The van der Waals surface area contributed by atoms with E-state index in [9.17, 15) is 18.0 Å². The number of carbonyl (C=O) groups is 1. The number of aromatic nitrogens is 3. The zero-order valence-electron chi connectivity index (χ0n) is 15.4. The lowest BCUT2D eigenvalue weighted by molar-refractivity contribution is -0.137. The van der Waals surface area contributed by atoms with Gasteiger partial charge >= 0.3 is 6.18 Å². The number of pyridine rings is 1. The van der Waals surface area contributed by atoms with Crippen molar-refractivity contribution < 1.29 is 18.0 Å². The van der Waals surface area contributed by atoms with Crippen molar-refractivity contribution in [3.63, 3.8) is 0 Å². The summed E-state index contributed by atoms with van der Waals surface area (Å²) >= 11 is 0. The summed E-state index contributed by atoms with van der Waals surface area (Å²) in [6.45, 7) is 4.09. The highest BCUT2D eigenvalue weighted by Crippen LogP contribution is 2.34. The summed E-state index contributed by atoms with van der Waals surface area (Å²) in [5.74, 6) is 0.261. The van der Waals surface area contributed by atoms with Gasteiger partial charge in [0.05, 0.1) is 24.0 Å². The van der Waals surface area contributed by atoms with E-state index in [4.69, 9.17) is 0 Å². The minimum atomic E-state index is -4.44. The van der Waals surface area contributed by atoms with Gasteiger partial charge in [0, 0.05) is 24.5 Å². The number of fused-ring (bicyclic) bond motifs is 1. The molecule has 1 amide bonds. The summed E-state index contributed by atoms with van der Waals surface area (Å²) in [5, 5.41) is 7.21. The normalized spacial score (nSPS) is 14.1. The molecule has 29 heavy (non-hydrogen) atoms. The first-order valence-electron chi connectivity index (χ1n) is 8.69. The number of alkyl halides is 3. The van der Waals surface area contributed by atoms with E-state index in [1.165, 1.54) is 21.7 Å². The molecule has 1 aromatic carbocycles. The van der Waals surface area contributed by atoms with Gasteiger partial charge in [-0.1, -0.05) is 6.58 Å². The molecule has 0 fully saturated rings. The molecule has 0 aliphatic carbocycles. The van der Waals surface area contributed by atoms with Crippen molar-refractivity contribution in [2.75, 3.05) is 23.8 Å². The fourth-order valence-electron chi connectivity index (χ4n) is 3.23. The van der Waals surface area contributed by atoms with Crippen molar-refractivity contribution in [3.8, 4) is 11.1 Å². The maximum Gasteiger partial charge on any atom is 0.416 e. The first-order valence-corrected chi connectivity index (χ1v) is 8.69. The van der Waals surface area contributed by atoms with Gasteiger partial charge in [-0.05, 0) is 42.0 Å². The van der Waals surface area contributed by atoms with Crippen LogP contribution in [0.3, 0.4) is 0 Å². The topological polar surface area (TPSA) is 63.1 Å². The third-order valence-corrected chi connectivity index (χ3v) is 4.69. The molecule has 2 aromatic heterocycles. The zero-order valence-corrected chi connectivity index (χ0v) is 15.4. The second kappa shape index (κ2) is 6.77. The third kappa shape index (κ3) is 3.24. The quantitative estimate of drug-likeness (QED) is 0.719. The molecule has 0 radical (unpaired) electrons. The van der Waals surface area contributed by atoms with Crippen LogP contribution in [0.4, 0.5) is 24.7 Å². The maximum atomic E-state index is 13.2. The van der Waals surface area contributed by atoms with Gasteiger partial charge in [-0.25, -0.2) is 9.67 Å². The number of nitrogens with one attached hydrogen (secondary N) is 1. The average molecular weight is 399 g/mol. The fraction of sp³-hybridized carbons (Fsp3) is 0.150. The van der Waals surface area contributed by atoms with Crippen molar-refractivity contribution in [2.45, 2.75) is 6.18 Å². The predicted molar refractivity (Wildman–Crippen MR) is 103 cm³/mol. The van der Waals surface area contributed by atoms with E-state index in [2.05, 4.69) is 22.0 Å². The number of hydrogen-bond acceptors (Lipinski definition) is 4. The molecule has 0 saturated heterocycles. The summed E-state index contributed by atoms with van der Waals surface area (Å²) in [7, 11) is 1.74. The van der Waals surface area contributed by atoms with Crippen LogP contribution in [-0.2, 0) is 6.18 Å². The monoisotopic (exact) mass is 399 g/mol. The number of amides is 1. The molecule has 3 heterocycles. The van der Waals surface area contributed by atoms with Crippen LogP contribution in [0.1, 0.15) is 16.1 Å². The molecule has 9 heteroatoms. The molecule has 1 N–H and O–H groups in total. The second-order valence-corrected chi connectivity index (χ2v) is 6.50. The Morgan fingerprint density at radius 2 is 1.90 bits per heavy atom. The van der Waals surface area contributed by atoms with Crippen LogP contribution in [-0.4, -0.2) is 34.3 Å². The Hall–Kier alpha value is -3.62. The fourth-order valence-corrected chi connectivity index (χ4v) is 3.23. The van der Waals surface area contributed by atoms with E-state index in [-0.39, 0.29) is 12.5 Å². The number of halogens is 3. The first-order chi connectivity index (χ1) is 13.8. The van der Waals surface area contributed by atoms with E-state index in [0.29, 0.717) is 28.5 Å². The molecular weight excluding hydrogens is 383 g/mol. The number of hydrogen-bond donors (Lipinski definition) is 1. The molecule has 4 rings (SSSR count). The van der Waals surface area contributed by atoms with Gasteiger partial charge < -0.3 is 10.2 Å². The van der Waals surface area contributed by atoms with Gasteiger partial charge in [-0.3, -0.25) is 4.79 Å². The lowest BCUT2D eigenvalue weighted by Crippen LogP contribution is -2.39. The Kier molecular flexibility index (Phi) is 4.37. The lowest BCUT2D eigenvalue weighted by atomic mass is 10.0. The van der Waals surface area contributed by atoms with E-state index < -0.39 is 11.7 Å². The molecule has 0 spiro atoms. The summed E-state index contributed by atoms with van der Waals surface area (Å²) < 4.78 is 40.0. The number of anilines is 2. The molecule has 0 bridgehead atoms. The van der Waals surface area contributed by atoms with Crippen LogP contribution in [0.25, 0.3) is 16.8 Å². The number of rotatable bonds is 3. The van der Waals surface area contributed by atoms with Gasteiger partial charge in [-0.2, -0.15) is 18.3 Å². The molecule has 1 aliphatic rings. The minimum absolute atomic E-state index is 0.121. The molecular formula is C20H16F3N5O. The minimum Gasteiger partial charge on any atom is -0.373 e. The van der Waals surface area contributed by atoms with Crippen molar-refractivity contribution in [1.29, 1.82) is 0 Å². The van der Waals surface area contributed by atoms with Crippen LogP contribution < -0.4 is 10.2 Å². The smallest absolute Gasteiger partial charge is 0.373 e. The van der Waals surface area contributed by atoms with Gasteiger partial charge in [0.1, 0.15) is 11.5 Å². The molecule has 6 nitrogen and oxygen atoms in total. The van der Waals surface area contributed by atoms with Crippen LogP contribution in [0.5, 0.6) is 0 Å². The summed E-state index contributed by atoms with van der Waals surface area (Å²) in [5.41, 5.74) is 1.75. The summed E-state index contributed by atoms with van der Waals surface area (Å²) in [4.78, 5) is 18.8. The van der Waals surface area contributed by atoms with Crippen LogP contribution in [0, 0.1) is 0 Å². The summed E-state index contributed by atoms with van der Waals surface area (Å²) in [6, 6.07) is 8.02. The number of benzene rings is 1. The van der Waals surface area contributed by atoms with E-state index in [1.807, 2.05) is 0 Å². The van der Waals surface area contributed by atoms with Gasteiger partial charge in [0.2, 0.25) is 0 Å². The standard InChI is InChI=1S/C20H16F3N5O/c1-12-11-27(15-5-3-14(4-6-15)20(21,22)23)19(29)18-16(10-26-28(12)18)13-7-8-25-17(9-13)24-2/h3-10H,1,11H2,2H3,(H,24,25). The maximum absolute atomic E-state index is 13.2. The SMILES string of the molecule is C=C1CN(c2ccc(C(F)(F)F)cc2)C(=O)c2c(-c3ccnc(NC)c3)cnn21. The predicted octanol–water partition coefficient (Wildman–Crippen LogP) is 4.14. The summed E-state index contributed by atoms with van der Waals surface area (Å²) in [6.07, 6.45) is -1.25. The van der Waals surface area contributed by atoms with Gasteiger partial charge in [0.15, 0.2) is 0 Å². The largest absolute Gasteiger partial charge is 0.416 e. The Morgan fingerprint density at radius 3 is 2.55 bits per heavy atom. The Bertz CT molecular complexity index is 1100. The second-order valence-electron chi connectivity index (χ2n) is 6.50. The van der Waals surface area contributed by atoms with E-state index in [0.717, 1.165) is 17.7 Å². The van der Waals surface area contributed by atoms with Crippen LogP contribution >= 0.6 is 0 Å². The Balaban J connectivity index is 1.75. The number of nitrogens with zero attached hydrogens (tertiary/aromatic N) is 4. The van der Waals surface area contributed by atoms with Crippen molar-refractivity contribution in [2.24, 2.45) is 0 Å². The van der Waals surface area contributed by atoms with Crippen molar-refractivity contribution in [1.82, 2.24) is 14.8 Å². The van der Waals surface area contributed by atoms with E-state index in [1.54, 1.807) is 31.6 Å². The number of carbonyl (C=O) groups excluding carboxylic acids is 1. The Labute approximate surface area is 164 Å². The Morgan fingerprint density at radius 1 is 1.17 bits per heavy atom. The highest BCUT2D eigenvalue weighted by atomic mass is 19.4. The molecule has 1 aliphatic heterocycles. The average Bonchev–Trinajstić information content (AvgIpc) is 3.16. The van der Waals surface area contributed by atoms with Crippen molar-refractivity contribution >= 4 is 23.1 Å². The lowest BCUT2D eigenvalue weighted by Gasteiger charge is -2.29. The first kappa shape index (κ1) is 18.7.